The molecule has 88 valence electrons. The van der Waals surface area contributed by atoms with Crippen LogP contribution in [-0.4, -0.2) is 9.97 Å². The third-order valence-electron chi connectivity index (χ3n) is 2.36. The lowest BCUT2D eigenvalue weighted by Crippen LogP contribution is -1.96. The van der Waals surface area contributed by atoms with E-state index in [9.17, 15) is 0 Å². The molecule has 17 heavy (non-hydrogen) atoms. The molecule has 0 unspecified atom stereocenters. The van der Waals surface area contributed by atoms with E-state index in [2.05, 4.69) is 25.9 Å². The molecule has 0 fully saturated rings. The van der Waals surface area contributed by atoms with Crippen LogP contribution in [0.1, 0.15) is 12.5 Å². The van der Waals surface area contributed by atoms with Crippen molar-refractivity contribution in [3.63, 3.8) is 0 Å². The Bertz CT molecular complexity index is 518. The molecule has 1 heterocycles. The summed E-state index contributed by atoms with van der Waals surface area (Å²) >= 11 is 15.5. The molecule has 0 aliphatic carbocycles. The first kappa shape index (κ1) is 12.8. The molecule has 5 heteroatoms. The number of aromatic nitrogens is 2. The Morgan fingerprint density at radius 3 is 2.06 bits per heavy atom. The predicted molar refractivity (Wildman–Crippen MR) is 74.6 cm³/mol. The van der Waals surface area contributed by atoms with E-state index < -0.39 is 0 Å². The zero-order valence-corrected chi connectivity index (χ0v) is 12.1. The fourth-order valence-electron chi connectivity index (χ4n) is 1.45. The third kappa shape index (κ3) is 2.79. The van der Waals surface area contributed by atoms with Crippen LogP contribution in [0.2, 0.25) is 10.3 Å². The standard InChI is InChI=1S/C12H9BrCl2N2/c1-2-9-10(14)16-12(17-11(9)15)7-3-5-8(13)6-4-7/h3-6H,2H2,1H3. The largest absolute Gasteiger partial charge is 0.216 e. The maximum absolute atomic E-state index is 6.07. The first-order valence-electron chi connectivity index (χ1n) is 5.09. The van der Waals surface area contributed by atoms with Crippen molar-refractivity contribution in [3.8, 4) is 11.4 Å². The monoisotopic (exact) mass is 330 g/mol. The van der Waals surface area contributed by atoms with Gasteiger partial charge in [0, 0.05) is 15.6 Å². The highest BCUT2D eigenvalue weighted by atomic mass is 79.9. The molecule has 0 amide bonds. The highest BCUT2D eigenvalue weighted by Gasteiger charge is 2.11. The smallest absolute Gasteiger partial charge is 0.162 e. The van der Waals surface area contributed by atoms with Gasteiger partial charge in [0.1, 0.15) is 10.3 Å². The van der Waals surface area contributed by atoms with E-state index >= 15 is 0 Å². The van der Waals surface area contributed by atoms with E-state index in [0.717, 1.165) is 22.0 Å². The zero-order chi connectivity index (χ0) is 12.4. The normalized spacial score (nSPS) is 10.6. The Kier molecular flexibility index (Phi) is 4.02. The summed E-state index contributed by atoms with van der Waals surface area (Å²) in [6.45, 7) is 1.97. The van der Waals surface area contributed by atoms with Crippen molar-refractivity contribution in [3.05, 3.63) is 44.6 Å². The number of benzene rings is 1. The summed E-state index contributed by atoms with van der Waals surface area (Å²) in [7, 11) is 0. The molecule has 0 atom stereocenters. The Balaban J connectivity index is 2.50. The minimum Gasteiger partial charge on any atom is -0.216 e. The second-order valence-electron chi connectivity index (χ2n) is 3.47. The third-order valence-corrected chi connectivity index (χ3v) is 3.52. The van der Waals surface area contributed by atoms with Gasteiger partial charge >= 0.3 is 0 Å². The van der Waals surface area contributed by atoms with Gasteiger partial charge in [0.15, 0.2) is 5.82 Å². The Morgan fingerprint density at radius 2 is 1.59 bits per heavy atom. The van der Waals surface area contributed by atoms with E-state index in [1.54, 1.807) is 0 Å². The quantitative estimate of drug-likeness (QED) is 0.740. The average Bonchev–Trinajstić information content (AvgIpc) is 2.29. The molecule has 0 N–H and O–H groups in total. The number of hydrogen-bond acceptors (Lipinski definition) is 2. The Labute approximate surface area is 118 Å². The molecule has 0 aliphatic heterocycles. The van der Waals surface area contributed by atoms with Crippen molar-refractivity contribution < 1.29 is 0 Å². The maximum atomic E-state index is 6.07. The molecule has 1 aromatic heterocycles. The van der Waals surface area contributed by atoms with Crippen LogP contribution in [0.15, 0.2) is 28.7 Å². The summed E-state index contributed by atoms with van der Waals surface area (Å²) in [4.78, 5) is 8.52. The van der Waals surface area contributed by atoms with Crippen molar-refractivity contribution in [2.45, 2.75) is 13.3 Å². The first-order chi connectivity index (χ1) is 8.11. The van der Waals surface area contributed by atoms with E-state index in [-0.39, 0.29) is 0 Å². The van der Waals surface area contributed by atoms with Gasteiger partial charge in [0.05, 0.1) is 0 Å². The Morgan fingerprint density at radius 1 is 1.06 bits per heavy atom. The van der Waals surface area contributed by atoms with Gasteiger partial charge < -0.3 is 0 Å². The second-order valence-corrected chi connectivity index (χ2v) is 5.10. The highest BCUT2D eigenvalue weighted by Crippen LogP contribution is 2.26. The highest BCUT2D eigenvalue weighted by molar-refractivity contribution is 9.10. The van der Waals surface area contributed by atoms with Crippen molar-refractivity contribution in [1.29, 1.82) is 0 Å². The minimum absolute atomic E-state index is 0.422. The summed E-state index contributed by atoms with van der Waals surface area (Å²) in [5.74, 6) is 0.546. The van der Waals surface area contributed by atoms with Crippen molar-refractivity contribution >= 4 is 39.1 Å². The van der Waals surface area contributed by atoms with Gasteiger partial charge in [-0.25, -0.2) is 9.97 Å². The SMILES string of the molecule is CCc1c(Cl)nc(-c2ccc(Br)cc2)nc1Cl. The summed E-state index contributed by atoms with van der Waals surface area (Å²) in [6, 6.07) is 7.68. The van der Waals surface area contributed by atoms with Gasteiger partial charge in [-0.15, -0.1) is 0 Å². The Hall–Kier alpha value is -0.640. The van der Waals surface area contributed by atoms with Crippen LogP contribution in [0.25, 0.3) is 11.4 Å². The topological polar surface area (TPSA) is 25.8 Å². The summed E-state index contributed by atoms with van der Waals surface area (Å²) < 4.78 is 1.00. The summed E-state index contributed by atoms with van der Waals surface area (Å²) in [6.07, 6.45) is 0.721. The molecule has 0 bridgehead atoms. The molecule has 0 saturated carbocycles. The molecule has 0 saturated heterocycles. The van der Waals surface area contributed by atoms with Gasteiger partial charge in [-0.1, -0.05) is 58.2 Å². The summed E-state index contributed by atoms with van der Waals surface area (Å²) in [5, 5.41) is 0.843. The molecule has 1 aromatic carbocycles. The van der Waals surface area contributed by atoms with Gasteiger partial charge in [0.25, 0.3) is 0 Å². The number of rotatable bonds is 2. The van der Waals surface area contributed by atoms with Crippen LogP contribution in [-0.2, 0) is 6.42 Å². The lowest BCUT2D eigenvalue weighted by Gasteiger charge is -2.06. The molecule has 2 aromatic rings. The first-order valence-corrected chi connectivity index (χ1v) is 6.64. The maximum Gasteiger partial charge on any atom is 0.162 e. The van der Waals surface area contributed by atoms with Crippen molar-refractivity contribution in [2.75, 3.05) is 0 Å². The zero-order valence-electron chi connectivity index (χ0n) is 9.04. The molecule has 0 spiro atoms. The van der Waals surface area contributed by atoms with E-state index in [1.165, 1.54) is 0 Å². The predicted octanol–water partition coefficient (Wildman–Crippen LogP) is 4.78. The van der Waals surface area contributed by atoms with Crippen LogP contribution in [0.4, 0.5) is 0 Å². The number of hydrogen-bond donors (Lipinski definition) is 0. The van der Waals surface area contributed by atoms with Crippen molar-refractivity contribution in [1.82, 2.24) is 9.97 Å². The van der Waals surface area contributed by atoms with E-state index in [1.807, 2.05) is 31.2 Å². The summed E-state index contributed by atoms with van der Waals surface area (Å²) in [5.41, 5.74) is 1.67. The van der Waals surface area contributed by atoms with Crippen LogP contribution in [0, 0.1) is 0 Å². The molecule has 2 rings (SSSR count). The fourth-order valence-corrected chi connectivity index (χ4v) is 2.37. The number of halogens is 3. The van der Waals surface area contributed by atoms with E-state index in [4.69, 9.17) is 23.2 Å². The van der Waals surface area contributed by atoms with Crippen LogP contribution >= 0.6 is 39.1 Å². The van der Waals surface area contributed by atoms with Gasteiger partial charge in [0.2, 0.25) is 0 Å². The van der Waals surface area contributed by atoms with Gasteiger partial charge in [-0.3, -0.25) is 0 Å². The van der Waals surface area contributed by atoms with Gasteiger partial charge in [-0.05, 0) is 18.6 Å². The lowest BCUT2D eigenvalue weighted by atomic mass is 10.2. The molecule has 0 radical (unpaired) electrons. The van der Waals surface area contributed by atoms with Crippen LogP contribution in [0.5, 0.6) is 0 Å². The molecule has 0 aliphatic rings. The number of nitrogens with zero attached hydrogens (tertiary/aromatic N) is 2. The van der Waals surface area contributed by atoms with Crippen LogP contribution in [0.3, 0.4) is 0 Å². The fraction of sp³-hybridized carbons (Fsp3) is 0.167. The minimum atomic E-state index is 0.422. The molecular weight excluding hydrogens is 323 g/mol. The molecular formula is C12H9BrCl2N2. The van der Waals surface area contributed by atoms with Crippen molar-refractivity contribution in [2.24, 2.45) is 0 Å². The van der Waals surface area contributed by atoms with Gasteiger partial charge in [-0.2, -0.15) is 0 Å². The molecule has 2 nitrogen and oxygen atoms in total. The van der Waals surface area contributed by atoms with Crippen LogP contribution < -0.4 is 0 Å². The average molecular weight is 332 g/mol. The lowest BCUT2D eigenvalue weighted by molar-refractivity contribution is 1.05. The second kappa shape index (κ2) is 5.34. The van der Waals surface area contributed by atoms with E-state index in [0.29, 0.717) is 16.1 Å².